The van der Waals surface area contributed by atoms with Crippen LogP contribution in [0.15, 0.2) is 0 Å². The van der Waals surface area contributed by atoms with Gasteiger partial charge in [-0.2, -0.15) is 0 Å². The molecule has 3 heterocycles. The molecule has 0 saturated carbocycles. The number of hydrogen-bond donors (Lipinski definition) is 3. The van der Waals surface area contributed by atoms with Crippen LogP contribution in [0, 0.1) is 17.8 Å². The van der Waals surface area contributed by atoms with Crippen LogP contribution in [-0.2, 0) is 27.2 Å². The first kappa shape index (κ1) is 19.4. The number of anilines is 1. The van der Waals surface area contributed by atoms with E-state index in [0.717, 1.165) is 42.5 Å². The first-order chi connectivity index (χ1) is 13.4. The second-order valence-electron chi connectivity index (χ2n) is 8.14. The summed E-state index contributed by atoms with van der Waals surface area (Å²) in [5.41, 5.74) is 7.00. The largest absolute Gasteiger partial charge is 0.481 e. The Labute approximate surface area is 167 Å². The van der Waals surface area contributed by atoms with E-state index in [9.17, 15) is 19.5 Å². The number of primary amides is 1. The molecule has 2 saturated heterocycles. The number of carbonyl (C=O) groups excluding carboxylic acids is 2. The predicted octanol–water partition coefficient (Wildman–Crippen LogP) is 2.57. The van der Waals surface area contributed by atoms with Crippen LogP contribution >= 0.6 is 11.3 Å². The molecule has 1 aliphatic carbocycles. The predicted molar refractivity (Wildman–Crippen MR) is 104 cm³/mol. The Hall–Kier alpha value is -1.93. The van der Waals surface area contributed by atoms with Crippen molar-refractivity contribution in [1.82, 2.24) is 0 Å². The van der Waals surface area contributed by atoms with E-state index < -0.39 is 29.8 Å². The molecule has 0 radical (unpaired) electrons. The van der Waals surface area contributed by atoms with Crippen LogP contribution in [0.2, 0.25) is 0 Å². The molecule has 0 spiro atoms. The highest BCUT2D eigenvalue weighted by Crippen LogP contribution is 2.45. The van der Waals surface area contributed by atoms with Crippen LogP contribution in [0.3, 0.4) is 0 Å². The van der Waals surface area contributed by atoms with Crippen LogP contribution in [-0.4, -0.2) is 35.1 Å². The molecular formula is C20H26N2O5S. The van der Waals surface area contributed by atoms with Crippen molar-refractivity contribution in [3.05, 3.63) is 16.0 Å². The normalized spacial score (nSPS) is 30.8. The maximum Gasteiger partial charge on any atom is 0.310 e. The van der Waals surface area contributed by atoms with Crippen molar-refractivity contribution in [2.24, 2.45) is 23.5 Å². The van der Waals surface area contributed by atoms with E-state index in [1.807, 2.05) is 0 Å². The lowest BCUT2D eigenvalue weighted by Crippen LogP contribution is -2.41. The SMILES string of the molecule is CCC[C@@H]1CCc2c(sc(NC(=O)[C@@H]3[C@H](C(=O)O)[C@H]4CC[C@H]3O4)c2C(N)=O)C1. The third-order valence-corrected chi connectivity index (χ3v) is 7.58. The van der Waals surface area contributed by atoms with Gasteiger partial charge < -0.3 is 20.9 Å². The molecule has 7 nitrogen and oxygen atoms in total. The van der Waals surface area contributed by atoms with Crippen molar-refractivity contribution in [2.75, 3.05) is 5.32 Å². The van der Waals surface area contributed by atoms with Crippen molar-refractivity contribution in [1.29, 1.82) is 0 Å². The fraction of sp³-hybridized carbons (Fsp3) is 0.650. The number of nitrogens with one attached hydrogen (secondary N) is 1. The van der Waals surface area contributed by atoms with E-state index in [1.165, 1.54) is 11.3 Å². The van der Waals surface area contributed by atoms with Crippen molar-refractivity contribution in [2.45, 2.75) is 64.1 Å². The monoisotopic (exact) mass is 406 g/mol. The maximum absolute atomic E-state index is 13.0. The van der Waals surface area contributed by atoms with Crippen molar-refractivity contribution < 1.29 is 24.2 Å². The van der Waals surface area contributed by atoms with Gasteiger partial charge in [0, 0.05) is 4.88 Å². The number of thiophene rings is 1. The first-order valence-corrected chi connectivity index (χ1v) is 10.9. The highest BCUT2D eigenvalue weighted by atomic mass is 32.1. The average Bonchev–Trinajstić information content (AvgIpc) is 3.33. The fourth-order valence-electron chi connectivity index (χ4n) is 5.18. The van der Waals surface area contributed by atoms with E-state index in [-0.39, 0.29) is 12.0 Å². The van der Waals surface area contributed by atoms with Crippen LogP contribution in [0.5, 0.6) is 0 Å². The molecule has 5 atom stereocenters. The number of carboxylic acids is 1. The van der Waals surface area contributed by atoms with Crippen LogP contribution in [0.25, 0.3) is 0 Å². The molecule has 152 valence electrons. The van der Waals surface area contributed by atoms with Gasteiger partial charge in [-0.1, -0.05) is 19.8 Å². The summed E-state index contributed by atoms with van der Waals surface area (Å²) in [4.78, 5) is 37.9. The molecule has 2 fully saturated rings. The zero-order chi connectivity index (χ0) is 20.0. The molecule has 4 rings (SSSR count). The number of nitrogens with two attached hydrogens (primary N) is 1. The lowest BCUT2D eigenvalue weighted by molar-refractivity contribution is -0.147. The van der Waals surface area contributed by atoms with Crippen LogP contribution in [0.1, 0.15) is 59.8 Å². The van der Waals surface area contributed by atoms with Crippen molar-refractivity contribution >= 4 is 34.1 Å². The van der Waals surface area contributed by atoms with Gasteiger partial charge in [-0.3, -0.25) is 14.4 Å². The quantitative estimate of drug-likeness (QED) is 0.671. The summed E-state index contributed by atoms with van der Waals surface area (Å²) < 4.78 is 5.69. The van der Waals surface area contributed by atoms with E-state index in [2.05, 4.69) is 12.2 Å². The summed E-state index contributed by atoms with van der Waals surface area (Å²) in [7, 11) is 0. The summed E-state index contributed by atoms with van der Waals surface area (Å²) in [5, 5.41) is 12.9. The maximum atomic E-state index is 13.0. The molecule has 0 aromatic carbocycles. The smallest absolute Gasteiger partial charge is 0.310 e. The zero-order valence-corrected chi connectivity index (χ0v) is 16.7. The second kappa shape index (κ2) is 7.48. The molecule has 2 aliphatic heterocycles. The van der Waals surface area contributed by atoms with Gasteiger partial charge in [0.2, 0.25) is 5.91 Å². The summed E-state index contributed by atoms with van der Waals surface area (Å²) in [6, 6.07) is 0. The Morgan fingerprint density at radius 2 is 1.93 bits per heavy atom. The Balaban J connectivity index is 1.59. The minimum atomic E-state index is -1.00. The molecular weight excluding hydrogens is 380 g/mol. The Morgan fingerprint density at radius 3 is 2.57 bits per heavy atom. The lowest BCUT2D eigenvalue weighted by Gasteiger charge is -2.23. The summed E-state index contributed by atoms with van der Waals surface area (Å²) in [5.74, 6) is -2.90. The number of amides is 2. The van der Waals surface area contributed by atoms with Crippen molar-refractivity contribution in [3.8, 4) is 0 Å². The van der Waals surface area contributed by atoms with Gasteiger partial charge in [0.25, 0.3) is 5.91 Å². The second-order valence-corrected chi connectivity index (χ2v) is 9.24. The van der Waals surface area contributed by atoms with Crippen LogP contribution < -0.4 is 11.1 Å². The van der Waals surface area contributed by atoms with Gasteiger partial charge in [0.1, 0.15) is 5.00 Å². The molecule has 1 aromatic rings. The molecule has 28 heavy (non-hydrogen) atoms. The average molecular weight is 407 g/mol. The van der Waals surface area contributed by atoms with Crippen LogP contribution in [0.4, 0.5) is 5.00 Å². The molecule has 2 amide bonds. The molecule has 8 heteroatoms. The lowest BCUT2D eigenvalue weighted by atomic mass is 9.78. The minimum absolute atomic E-state index is 0.369. The summed E-state index contributed by atoms with van der Waals surface area (Å²) >= 11 is 1.42. The zero-order valence-electron chi connectivity index (χ0n) is 15.9. The molecule has 4 N–H and O–H groups in total. The summed E-state index contributed by atoms with van der Waals surface area (Å²) in [6.07, 6.45) is 5.57. The van der Waals surface area contributed by atoms with Gasteiger partial charge in [-0.05, 0) is 43.6 Å². The standard InChI is InChI=1S/C20H26N2O5S/c1-2-3-9-4-5-10-13(8-9)28-19(14(10)17(21)23)22-18(24)15-11-6-7-12(27-11)16(15)20(25)26/h9,11-12,15-16H,2-8H2,1H3,(H2,21,23)(H,22,24)(H,25,26)/t9-,11-,12-,15+,16-/m1/s1. The highest BCUT2D eigenvalue weighted by molar-refractivity contribution is 7.17. The molecule has 2 bridgehead atoms. The number of rotatable bonds is 6. The Kier molecular flexibility index (Phi) is 5.18. The van der Waals surface area contributed by atoms with Gasteiger partial charge in [0.05, 0.1) is 29.6 Å². The third kappa shape index (κ3) is 3.22. The van der Waals surface area contributed by atoms with Crippen molar-refractivity contribution in [3.63, 3.8) is 0 Å². The van der Waals surface area contributed by atoms with Gasteiger partial charge in [-0.25, -0.2) is 0 Å². The minimum Gasteiger partial charge on any atom is -0.481 e. The number of carbonyl (C=O) groups is 3. The Bertz CT molecular complexity index is 820. The fourth-order valence-corrected chi connectivity index (χ4v) is 6.55. The number of hydrogen-bond acceptors (Lipinski definition) is 5. The van der Waals surface area contributed by atoms with E-state index >= 15 is 0 Å². The topological polar surface area (TPSA) is 119 Å². The van der Waals surface area contributed by atoms with E-state index in [1.54, 1.807) is 0 Å². The van der Waals surface area contributed by atoms with Gasteiger partial charge >= 0.3 is 5.97 Å². The highest BCUT2D eigenvalue weighted by Gasteiger charge is 2.55. The van der Waals surface area contributed by atoms with E-state index in [0.29, 0.717) is 29.3 Å². The van der Waals surface area contributed by atoms with Gasteiger partial charge in [0.15, 0.2) is 0 Å². The number of fused-ring (bicyclic) bond motifs is 3. The summed E-state index contributed by atoms with van der Waals surface area (Å²) in [6.45, 7) is 2.17. The first-order valence-electron chi connectivity index (χ1n) is 10.0. The Morgan fingerprint density at radius 1 is 1.21 bits per heavy atom. The van der Waals surface area contributed by atoms with E-state index in [4.69, 9.17) is 10.5 Å². The molecule has 3 aliphatic rings. The number of aliphatic carboxylic acids is 1. The molecule has 0 unspecified atom stereocenters. The van der Waals surface area contributed by atoms with Gasteiger partial charge in [-0.15, -0.1) is 11.3 Å². The third-order valence-electron chi connectivity index (χ3n) is 6.41. The molecule has 1 aromatic heterocycles. The number of carboxylic acid groups (broad SMARTS) is 1. The number of ether oxygens (including phenoxy) is 1.